The molecule has 0 aliphatic carbocycles. The highest BCUT2D eigenvalue weighted by molar-refractivity contribution is 5.65. The van der Waals surface area contributed by atoms with E-state index in [-0.39, 0.29) is 17.5 Å². The van der Waals surface area contributed by atoms with Crippen LogP contribution in [0.15, 0.2) is 18.2 Å². The fourth-order valence-electron chi connectivity index (χ4n) is 1.46. The first-order chi connectivity index (χ1) is 8.00. The lowest BCUT2D eigenvalue weighted by molar-refractivity contribution is -0.383. The van der Waals surface area contributed by atoms with Crippen LogP contribution in [-0.2, 0) is 0 Å². The molecule has 0 saturated carbocycles. The maximum absolute atomic E-state index is 10.5. The number of hydrogen-bond donors (Lipinski definition) is 3. The zero-order valence-corrected chi connectivity index (χ0v) is 9.72. The number of aliphatic hydroxyl groups is 1. The number of nitrogens with two attached hydrogens (primary N) is 1. The molecule has 0 spiro atoms. The van der Waals surface area contributed by atoms with E-state index in [1.807, 2.05) is 0 Å². The van der Waals surface area contributed by atoms with E-state index in [0.717, 1.165) is 18.5 Å². The van der Waals surface area contributed by atoms with Crippen LogP contribution in [0.3, 0.4) is 0 Å². The Bertz CT molecular complexity index is 394. The number of rotatable bonds is 6. The summed E-state index contributed by atoms with van der Waals surface area (Å²) in [5.74, 6) is 0. The third-order valence-electron chi connectivity index (χ3n) is 2.35. The molecule has 1 rings (SSSR count). The predicted octanol–water partition coefficient (Wildman–Crippen LogP) is 1.75. The van der Waals surface area contributed by atoms with Crippen molar-refractivity contribution in [3.05, 3.63) is 28.3 Å². The molecule has 0 radical (unpaired) electrons. The van der Waals surface area contributed by atoms with Crippen LogP contribution in [0.4, 0.5) is 17.1 Å². The van der Waals surface area contributed by atoms with Gasteiger partial charge in [0, 0.05) is 18.3 Å². The summed E-state index contributed by atoms with van der Waals surface area (Å²) >= 11 is 0. The lowest BCUT2D eigenvalue weighted by Gasteiger charge is -2.08. The summed E-state index contributed by atoms with van der Waals surface area (Å²) in [7, 11) is 0. The van der Waals surface area contributed by atoms with Gasteiger partial charge in [-0.3, -0.25) is 10.1 Å². The molecule has 1 atom stereocenters. The van der Waals surface area contributed by atoms with Crippen molar-refractivity contribution in [2.75, 3.05) is 17.6 Å². The Morgan fingerprint density at radius 3 is 2.82 bits per heavy atom. The second kappa shape index (κ2) is 6.05. The van der Waals surface area contributed by atoms with E-state index < -0.39 is 4.92 Å². The summed E-state index contributed by atoms with van der Waals surface area (Å²) in [6.07, 6.45) is 1.24. The molecule has 17 heavy (non-hydrogen) atoms. The summed E-state index contributed by atoms with van der Waals surface area (Å²) in [4.78, 5) is 10.0. The fraction of sp³-hybridized carbons (Fsp3) is 0.455. The number of nitrogen functional groups attached to an aromatic ring is 1. The summed E-state index contributed by atoms with van der Waals surface area (Å²) in [5, 5.41) is 22.7. The standard InChI is InChI=1S/C11H17N3O3/c1-8(15)3-2-6-13-9-4-5-11(14(16)17)10(12)7-9/h4-5,7-8,13,15H,2-3,6,12H2,1H3. The van der Waals surface area contributed by atoms with Crippen LogP contribution in [-0.4, -0.2) is 22.7 Å². The molecule has 0 aliphatic rings. The van der Waals surface area contributed by atoms with Crippen LogP contribution < -0.4 is 11.1 Å². The van der Waals surface area contributed by atoms with Gasteiger partial charge in [0.25, 0.3) is 5.69 Å². The number of hydrogen-bond acceptors (Lipinski definition) is 5. The number of anilines is 2. The predicted molar refractivity (Wildman–Crippen MR) is 66.9 cm³/mol. The molecule has 0 amide bonds. The third kappa shape index (κ3) is 4.28. The molecule has 6 nitrogen and oxygen atoms in total. The first-order valence-electron chi connectivity index (χ1n) is 5.46. The van der Waals surface area contributed by atoms with Crippen molar-refractivity contribution >= 4 is 17.1 Å². The van der Waals surface area contributed by atoms with E-state index in [4.69, 9.17) is 10.8 Å². The zero-order chi connectivity index (χ0) is 12.8. The van der Waals surface area contributed by atoms with Crippen molar-refractivity contribution in [3.8, 4) is 0 Å². The summed E-state index contributed by atoms with van der Waals surface area (Å²) in [6.45, 7) is 2.44. The molecule has 0 aliphatic heterocycles. The van der Waals surface area contributed by atoms with Gasteiger partial charge in [0.2, 0.25) is 0 Å². The average Bonchev–Trinajstić information content (AvgIpc) is 2.23. The van der Waals surface area contributed by atoms with Gasteiger partial charge in [-0.05, 0) is 31.9 Å². The van der Waals surface area contributed by atoms with Gasteiger partial charge in [-0.15, -0.1) is 0 Å². The quantitative estimate of drug-likeness (QED) is 0.304. The Kier molecular flexibility index (Phi) is 4.71. The molecule has 1 aromatic rings. The number of benzene rings is 1. The number of nitrogens with zero attached hydrogens (tertiary/aromatic N) is 1. The molecule has 0 heterocycles. The molecule has 6 heteroatoms. The van der Waals surface area contributed by atoms with E-state index in [0.29, 0.717) is 6.54 Å². The van der Waals surface area contributed by atoms with E-state index in [1.54, 1.807) is 19.1 Å². The topological polar surface area (TPSA) is 101 Å². The first kappa shape index (κ1) is 13.2. The van der Waals surface area contributed by atoms with Gasteiger partial charge in [-0.1, -0.05) is 0 Å². The monoisotopic (exact) mass is 239 g/mol. The number of nitro groups is 1. The van der Waals surface area contributed by atoms with E-state index >= 15 is 0 Å². The van der Waals surface area contributed by atoms with E-state index in [9.17, 15) is 10.1 Å². The average molecular weight is 239 g/mol. The minimum absolute atomic E-state index is 0.0838. The normalized spacial score (nSPS) is 12.1. The Morgan fingerprint density at radius 1 is 1.59 bits per heavy atom. The van der Waals surface area contributed by atoms with Gasteiger partial charge in [0.1, 0.15) is 5.69 Å². The second-order valence-corrected chi connectivity index (χ2v) is 3.95. The maximum Gasteiger partial charge on any atom is 0.292 e. The fourth-order valence-corrected chi connectivity index (χ4v) is 1.46. The van der Waals surface area contributed by atoms with Gasteiger partial charge >= 0.3 is 0 Å². The molecular formula is C11H17N3O3. The van der Waals surface area contributed by atoms with Crippen molar-refractivity contribution in [2.24, 2.45) is 0 Å². The molecule has 4 N–H and O–H groups in total. The second-order valence-electron chi connectivity index (χ2n) is 3.95. The smallest absolute Gasteiger partial charge is 0.292 e. The molecule has 1 aromatic carbocycles. The first-order valence-corrected chi connectivity index (χ1v) is 5.46. The molecule has 0 bridgehead atoms. The summed E-state index contributed by atoms with van der Waals surface area (Å²) in [6, 6.07) is 4.55. The van der Waals surface area contributed by atoms with Crippen LogP contribution in [0.2, 0.25) is 0 Å². The highest BCUT2D eigenvalue weighted by Crippen LogP contribution is 2.24. The third-order valence-corrected chi connectivity index (χ3v) is 2.35. The molecule has 94 valence electrons. The van der Waals surface area contributed by atoms with Crippen LogP contribution in [0.1, 0.15) is 19.8 Å². The van der Waals surface area contributed by atoms with Gasteiger partial charge in [-0.2, -0.15) is 0 Å². The highest BCUT2D eigenvalue weighted by atomic mass is 16.6. The Hall–Kier alpha value is -1.82. The molecule has 0 saturated heterocycles. The Balaban J connectivity index is 2.50. The number of nitrogens with one attached hydrogen (secondary N) is 1. The van der Waals surface area contributed by atoms with Crippen molar-refractivity contribution in [3.63, 3.8) is 0 Å². The lowest BCUT2D eigenvalue weighted by atomic mass is 10.2. The van der Waals surface area contributed by atoms with Crippen LogP contribution in [0, 0.1) is 10.1 Å². The van der Waals surface area contributed by atoms with Crippen LogP contribution in [0.25, 0.3) is 0 Å². The molecule has 0 aromatic heterocycles. The van der Waals surface area contributed by atoms with Crippen molar-refractivity contribution in [1.29, 1.82) is 0 Å². The lowest BCUT2D eigenvalue weighted by Crippen LogP contribution is -2.07. The number of nitro benzene ring substituents is 1. The Morgan fingerprint density at radius 2 is 2.29 bits per heavy atom. The van der Waals surface area contributed by atoms with Gasteiger partial charge in [0.05, 0.1) is 11.0 Å². The minimum atomic E-state index is -0.507. The van der Waals surface area contributed by atoms with Gasteiger partial charge in [-0.25, -0.2) is 0 Å². The van der Waals surface area contributed by atoms with Gasteiger partial charge < -0.3 is 16.2 Å². The van der Waals surface area contributed by atoms with Crippen LogP contribution >= 0.6 is 0 Å². The molecular weight excluding hydrogens is 222 g/mol. The van der Waals surface area contributed by atoms with Crippen molar-refractivity contribution in [1.82, 2.24) is 0 Å². The molecule has 1 unspecified atom stereocenters. The van der Waals surface area contributed by atoms with Crippen LogP contribution in [0.5, 0.6) is 0 Å². The Labute approximate surface area is 99.6 Å². The summed E-state index contributed by atoms with van der Waals surface area (Å²) in [5.41, 5.74) is 6.37. The number of aliphatic hydroxyl groups excluding tert-OH is 1. The van der Waals surface area contributed by atoms with Gasteiger partial charge in [0.15, 0.2) is 0 Å². The maximum atomic E-state index is 10.5. The van der Waals surface area contributed by atoms with E-state index in [2.05, 4.69) is 5.32 Å². The highest BCUT2D eigenvalue weighted by Gasteiger charge is 2.10. The minimum Gasteiger partial charge on any atom is -0.393 e. The molecule has 0 fully saturated rings. The SMILES string of the molecule is CC(O)CCCNc1ccc([N+](=O)[O-])c(N)c1. The zero-order valence-electron chi connectivity index (χ0n) is 9.72. The largest absolute Gasteiger partial charge is 0.393 e. The summed E-state index contributed by atoms with van der Waals surface area (Å²) < 4.78 is 0. The van der Waals surface area contributed by atoms with E-state index in [1.165, 1.54) is 6.07 Å². The van der Waals surface area contributed by atoms with Crippen molar-refractivity contribution < 1.29 is 10.0 Å². The van der Waals surface area contributed by atoms with Crippen molar-refractivity contribution in [2.45, 2.75) is 25.9 Å².